The third-order valence-corrected chi connectivity index (χ3v) is 6.24. The van der Waals surface area contributed by atoms with Gasteiger partial charge < -0.3 is 4.74 Å². The van der Waals surface area contributed by atoms with Gasteiger partial charge in [-0.05, 0) is 38.0 Å². The van der Waals surface area contributed by atoms with Gasteiger partial charge in [0.25, 0.3) is 5.91 Å². The van der Waals surface area contributed by atoms with E-state index in [4.69, 9.17) is 14.5 Å². The van der Waals surface area contributed by atoms with E-state index in [2.05, 4.69) is 6.92 Å². The van der Waals surface area contributed by atoms with Gasteiger partial charge in [-0.3, -0.25) is 10.0 Å². The quantitative estimate of drug-likeness (QED) is 0.547. The summed E-state index contributed by atoms with van der Waals surface area (Å²) in [6, 6.07) is 0. The van der Waals surface area contributed by atoms with Crippen LogP contribution < -0.4 is 0 Å². The second-order valence-electron chi connectivity index (χ2n) is 7.40. The van der Waals surface area contributed by atoms with E-state index in [1.807, 2.05) is 13.8 Å². The fourth-order valence-corrected chi connectivity index (χ4v) is 5.03. The molecule has 6 nitrogen and oxygen atoms in total. The lowest BCUT2D eigenvalue weighted by molar-refractivity contribution is -0.558. The molecule has 0 aromatic rings. The Kier molecular flexibility index (Phi) is 2.78. The lowest BCUT2D eigenvalue weighted by Gasteiger charge is -2.60. The molecule has 0 aromatic carbocycles. The number of carbonyl (C=O) groups excluding carboxylic acids is 1. The van der Waals surface area contributed by atoms with E-state index in [-0.39, 0.29) is 23.7 Å². The highest BCUT2D eigenvalue weighted by Gasteiger charge is 2.70. The summed E-state index contributed by atoms with van der Waals surface area (Å²) in [4.78, 5) is 23.9. The third-order valence-electron chi connectivity index (χ3n) is 6.24. The van der Waals surface area contributed by atoms with Crippen LogP contribution in [0.3, 0.4) is 0 Å². The van der Waals surface area contributed by atoms with Gasteiger partial charge in [0.1, 0.15) is 0 Å². The minimum absolute atomic E-state index is 0.0299. The van der Waals surface area contributed by atoms with Crippen molar-refractivity contribution >= 4 is 5.91 Å². The Morgan fingerprint density at radius 2 is 1.95 bits per heavy atom. The van der Waals surface area contributed by atoms with Crippen molar-refractivity contribution in [2.45, 2.75) is 64.1 Å². The van der Waals surface area contributed by atoms with Crippen molar-refractivity contribution in [1.29, 1.82) is 0 Å². The first-order valence-electron chi connectivity index (χ1n) is 7.96. The number of piperidine rings is 1. The predicted molar refractivity (Wildman–Crippen MR) is 70.6 cm³/mol. The Morgan fingerprint density at radius 3 is 2.71 bits per heavy atom. The minimum atomic E-state index is -0.890. The second-order valence-corrected chi connectivity index (χ2v) is 7.40. The Labute approximate surface area is 124 Å². The molecule has 1 amide bonds. The zero-order chi connectivity index (χ0) is 15.0. The Hall–Kier alpha value is -0.690. The summed E-state index contributed by atoms with van der Waals surface area (Å²) in [7, 11) is 0. The van der Waals surface area contributed by atoms with Gasteiger partial charge in [-0.25, -0.2) is 9.78 Å². The van der Waals surface area contributed by atoms with E-state index in [0.717, 1.165) is 24.3 Å². The topological polar surface area (TPSA) is 68.2 Å². The summed E-state index contributed by atoms with van der Waals surface area (Å²) in [6.45, 7) is 5.91. The van der Waals surface area contributed by atoms with Crippen LogP contribution in [0.4, 0.5) is 0 Å². The lowest BCUT2D eigenvalue weighted by Crippen LogP contribution is -2.74. The van der Waals surface area contributed by atoms with Gasteiger partial charge in [-0.2, -0.15) is 5.06 Å². The van der Waals surface area contributed by atoms with Crippen LogP contribution in [0.2, 0.25) is 0 Å². The van der Waals surface area contributed by atoms with Crippen molar-refractivity contribution in [3.05, 3.63) is 0 Å². The Balaban J connectivity index is 1.87. The number of carbonyl (C=O) groups is 1. The van der Waals surface area contributed by atoms with Gasteiger partial charge >= 0.3 is 0 Å². The summed E-state index contributed by atoms with van der Waals surface area (Å²) in [5.41, 5.74) is -0.740. The van der Waals surface area contributed by atoms with Crippen LogP contribution >= 0.6 is 0 Å². The normalized spacial score (nSPS) is 56.1. The monoisotopic (exact) mass is 297 g/mol. The maximum atomic E-state index is 12.4. The van der Waals surface area contributed by atoms with Gasteiger partial charge in [0, 0.05) is 18.3 Å². The first kappa shape index (κ1) is 13.9. The van der Waals surface area contributed by atoms with E-state index in [1.54, 1.807) is 0 Å². The molecule has 4 heterocycles. The zero-order valence-electron chi connectivity index (χ0n) is 12.7. The minimum Gasteiger partial charge on any atom is -0.318 e. The molecule has 5 aliphatic rings. The van der Waals surface area contributed by atoms with Gasteiger partial charge in [-0.1, -0.05) is 13.8 Å². The average molecular weight is 297 g/mol. The summed E-state index contributed by atoms with van der Waals surface area (Å²) in [5.74, 6) is -0.720. The number of rotatable bonds is 0. The molecule has 4 saturated heterocycles. The van der Waals surface area contributed by atoms with Gasteiger partial charge in [-0.15, -0.1) is 0 Å². The molecule has 6 heteroatoms. The number of hydrogen-bond acceptors (Lipinski definition) is 5. The zero-order valence-corrected chi connectivity index (χ0v) is 12.7. The van der Waals surface area contributed by atoms with Crippen LogP contribution in [0, 0.1) is 23.7 Å². The molecular formula is C15H23NO5. The molecule has 1 N–H and O–H groups in total. The standard InChI is InChI=1S/C15H23NO5/c1-8-4-5-11-9(2)12(17)16(18)13-15(11)10(8)6-7-14(3,19-13)20-21-15/h8-11,13,18H,4-7H2,1-3H3/t8-,9-,10+,11+,13-,14-,15+/m1/s1. The number of hydrogen-bond donors (Lipinski definition) is 1. The number of fused-ring (bicyclic) bond motifs is 2. The molecule has 1 aliphatic carbocycles. The van der Waals surface area contributed by atoms with E-state index in [1.165, 1.54) is 0 Å². The van der Waals surface area contributed by atoms with Crippen LogP contribution in [0.1, 0.15) is 46.5 Å². The maximum absolute atomic E-state index is 12.4. The predicted octanol–water partition coefficient (Wildman–Crippen LogP) is 2.07. The molecule has 2 bridgehead atoms. The average Bonchev–Trinajstić information content (AvgIpc) is 2.69. The van der Waals surface area contributed by atoms with Crippen LogP contribution in [0.5, 0.6) is 0 Å². The summed E-state index contributed by atoms with van der Waals surface area (Å²) >= 11 is 0. The molecule has 5 rings (SSSR count). The smallest absolute Gasteiger partial charge is 0.251 e. The number of amides is 1. The van der Waals surface area contributed by atoms with E-state index in [0.29, 0.717) is 12.3 Å². The summed E-state index contributed by atoms with van der Waals surface area (Å²) in [5, 5.41) is 11.1. The first-order chi connectivity index (χ1) is 9.89. The molecule has 0 unspecified atom stereocenters. The van der Waals surface area contributed by atoms with Crippen molar-refractivity contribution < 1.29 is 24.5 Å². The van der Waals surface area contributed by atoms with Crippen molar-refractivity contribution in [3.63, 3.8) is 0 Å². The maximum Gasteiger partial charge on any atom is 0.251 e. The largest absolute Gasteiger partial charge is 0.318 e. The number of hydroxylamine groups is 2. The van der Waals surface area contributed by atoms with Gasteiger partial charge in [0.15, 0.2) is 11.8 Å². The van der Waals surface area contributed by atoms with Crippen molar-refractivity contribution in [1.82, 2.24) is 5.06 Å². The molecule has 5 fully saturated rings. The van der Waals surface area contributed by atoms with E-state index in [9.17, 15) is 10.0 Å². The lowest BCUT2D eigenvalue weighted by atomic mass is 9.57. The highest BCUT2D eigenvalue weighted by atomic mass is 17.3. The van der Waals surface area contributed by atoms with Crippen LogP contribution in [0.25, 0.3) is 0 Å². The van der Waals surface area contributed by atoms with Gasteiger partial charge in [0.05, 0.1) is 0 Å². The van der Waals surface area contributed by atoms with Crippen LogP contribution in [0.15, 0.2) is 0 Å². The molecule has 4 aliphatic heterocycles. The SMILES string of the molecule is C[C@@H]1CC[C@H]2[C@@H](C)C(=O)N(O)[C@@H]3O[C@@]4(C)CC[C@@H]1[C@]23OO4. The van der Waals surface area contributed by atoms with Crippen molar-refractivity contribution in [2.75, 3.05) is 0 Å². The highest BCUT2D eigenvalue weighted by molar-refractivity contribution is 5.79. The second kappa shape index (κ2) is 4.19. The first-order valence-corrected chi connectivity index (χ1v) is 7.96. The third kappa shape index (κ3) is 1.59. The van der Waals surface area contributed by atoms with Gasteiger partial charge in [0.2, 0.25) is 5.79 Å². The van der Waals surface area contributed by atoms with E-state index >= 15 is 0 Å². The molecule has 0 radical (unpaired) electrons. The number of ether oxygens (including phenoxy) is 1. The molecule has 1 spiro atoms. The fraction of sp³-hybridized carbons (Fsp3) is 0.933. The molecule has 7 atom stereocenters. The van der Waals surface area contributed by atoms with Crippen LogP contribution in [-0.2, 0) is 19.3 Å². The molecule has 0 aromatic heterocycles. The molecule has 21 heavy (non-hydrogen) atoms. The molecule has 118 valence electrons. The molecular weight excluding hydrogens is 274 g/mol. The van der Waals surface area contributed by atoms with Crippen LogP contribution in [-0.4, -0.2) is 33.8 Å². The number of nitrogens with zero attached hydrogens (tertiary/aromatic N) is 1. The Bertz CT molecular complexity index is 485. The fourth-order valence-electron chi connectivity index (χ4n) is 5.03. The van der Waals surface area contributed by atoms with Crippen molar-refractivity contribution in [3.8, 4) is 0 Å². The highest BCUT2D eigenvalue weighted by Crippen LogP contribution is 2.59. The van der Waals surface area contributed by atoms with E-state index < -0.39 is 17.6 Å². The Morgan fingerprint density at radius 1 is 1.19 bits per heavy atom. The molecule has 1 saturated carbocycles. The van der Waals surface area contributed by atoms with Crippen molar-refractivity contribution in [2.24, 2.45) is 23.7 Å². The summed E-state index contributed by atoms with van der Waals surface area (Å²) in [6.07, 6.45) is 2.86. The summed E-state index contributed by atoms with van der Waals surface area (Å²) < 4.78 is 6.02.